The minimum absolute atomic E-state index is 0.960. The lowest BCUT2D eigenvalue weighted by molar-refractivity contribution is -0.377. The Labute approximate surface area is 162 Å². The summed E-state index contributed by atoms with van der Waals surface area (Å²) in [5, 5.41) is 1.16. The van der Waals surface area contributed by atoms with Gasteiger partial charge in [-0.3, -0.25) is 0 Å². The SMILES string of the molecule is c1ccc(-c2cc3c(N4CCN(c5cc[nH+]cc5)CC4)ncnc3s2)cc1. The maximum absolute atomic E-state index is 4.63. The minimum atomic E-state index is 0.960. The number of hydrogen-bond acceptors (Lipinski definition) is 5. The quantitative estimate of drug-likeness (QED) is 0.551. The van der Waals surface area contributed by atoms with Gasteiger partial charge in [0.1, 0.15) is 17.0 Å². The Balaban J connectivity index is 1.42. The second-order valence-electron chi connectivity index (χ2n) is 6.63. The molecule has 1 aliphatic rings. The smallest absolute Gasteiger partial charge is 0.169 e. The highest BCUT2D eigenvalue weighted by Gasteiger charge is 2.21. The Morgan fingerprint density at radius 2 is 1.59 bits per heavy atom. The Bertz CT molecular complexity index is 1040. The van der Waals surface area contributed by atoms with Gasteiger partial charge in [0, 0.05) is 48.9 Å². The maximum atomic E-state index is 4.63. The summed E-state index contributed by atoms with van der Waals surface area (Å²) in [6.45, 7) is 3.90. The van der Waals surface area contributed by atoms with Crippen molar-refractivity contribution in [2.75, 3.05) is 36.0 Å². The highest BCUT2D eigenvalue weighted by Crippen LogP contribution is 2.36. The van der Waals surface area contributed by atoms with Gasteiger partial charge in [0.05, 0.1) is 5.39 Å². The molecule has 6 heteroatoms. The molecule has 134 valence electrons. The average Bonchev–Trinajstić information content (AvgIpc) is 3.20. The first-order chi connectivity index (χ1) is 13.4. The van der Waals surface area contributed by atoms with Crippen LogP contribution in [0, 0.1) is 0 Å². The first-order valence-corrected chi connectivity index (χ1v) is 9.96. The molecule has 27 heavy (non-hydrogen) atoms. The molecule has 4 aromatic rings. The van der Waals surface area contributed by atoms with Gasteiger partial charge in [-0.1, -0.05) is 30.3 Å². The van der Waals surface area contributed by atoms with Crippen molar-refractivity contribution in [2.45, 2.75) is 0 Å². The second kappa shape index (κ2) is 6.96. The Hall–Kier alpha value is -2.99. The van der Waals surface area contributed by atoms with Crippen LogP contribution in [0.1, 0.15) is 0 Å². The number of thiophene rings is 1. The molecule has 5 rings (SSSR count). The molecule has 0 spiro atoms. The van der Waals surface area contributed by atoms with Crippen molar-refractivity contribution >= 4 is 33.1 Å². The van der Waals surface area contributed by atoms with Gasteiger partial charge in [-0.2, -0.15) is 0 Å². The molecular formula is C21H20N5S+. The number of anilines is 2. The van der Waals surface area contributed by atoms with E-state index < -0.39 is 0 Å². The zero-order valence-electron chi connectivity index (χ0n) is 14.9. The maximum Gasteiger partial charge on any atom is 0.169 e. The summed E-state index contributed by atoms with van der Waals surface area (Å²) in [6.07, 6.45) is 5.65. The molecule has 3 aromatic heterocycles. The molecule has 0 radical (unpaired) electrons. The van der Waals surface area contributed by atoms with Crippen molar-refractivity contribution in [2.24, 2.45) is 0 Å². The van der Waals surface area contributed by atoms with Crippen LogP contribution in [0.3, 0.4) is 0 Å². The van der Waals surface area contributed by atoms with E-state index in [0.717, 1.165) is 42.2 Å². The van der Waals surface area contributed by atoms with E-state index in [2.05, 4.69) is 67.2 Å². The summed E-state index contributed by atoms with van der Waals surface area (Å²) in [4.78, 5) is 19.3. The van der Waals surface area contributed by atoms with Gasteiger partial charge < -0.3 is 9.80 Å². The molecule has 1 fully saturated rings. The number of nitrogens with zero attached hydrogens (tertiary/aromatic N) is 4. The third-order valence-corrected chi connectivity index (χ3v) is 6.10. The number of nitrogens with one attached hydrogen (secondary N) is 1. The van der Waals surface area contributed by atoms with E-state index in [1.54, 1.807) is 17.7 Å². The Kier molecular flexibility index (Phi) is 4.18. The standard InChI is InChI=1S/C21H19N5S/c1-2-4-16(5-3-1)19-14-18-20(23-15-24-21(18)27-19)26-12-10-25(11-13-26)17-6-8-22-9-7-17/h1-9,14-15H,10-13H2/p+1. The highest BCUT2D eigenvalue weighted by atomic mass is 32.1. The molecule has 5 nitrogen and oxygen atoms in total. The van der Waals surface area contributed by atoms with Gasteiger partial charge in [-0.25, -0.2) is 15.0 Å². The van der Waals surface area contributed by atoms with Crippen LogP contribution in [0.2, 0.25) is 0 Å². The number of hydrogen-bond donors (Lipinski definition) is 0. The first kappa shape index (κ1) is 16.2. The van der Waals surface area contributed by atoms with E-state index >= 15 is 0 Å². The minimum Gasteiger partial charge on any atom is -0.368 e. The number of fused-ring (bicyclic) bond motifs is 1. The molecule has 0 atom stereocenters. The van der Waals surface area contributed by atoms with E-state index in [1.807, 2.05) is 18.5 Å². The zero-order valence-corrected chi connectivity index (χ0v) is 15.7. The fourth-order valence-electron chi connectivity index (χ4n) is 3.61. The van der Waals surface area contributed by atoms with Crippen molar-refractivity contribution in [1.29, 1.82) is 0 Å². The topological polar surface area (TPSA) is 46.4 Å². The number of pyridine rings is 1. The summed E-state index contributed by atoms with van der Waals surface area (Å²) in [6, 6.07) is 17.0. The lowest BCUT2D eigenvalue weighted by atomic mass is 10.2. The van der Waals surface area contributed by atoms with Crippen LogP contribution in [0.5, 0.6) is 0 Å². The predicted octanol–water partition coefficient (Wildman–Crippen LogP) is 3.50. The van der Waals surface area contributed by atoms with E-state index in [0.29, 0.717) is 0 Å². The van der Waals surface area contributed by atoms with Crippen molar-refractivity contribution in [3.8, 4) is 10.4 Å². The number of H-pyrrole nitrogens is 1. The largest absolute Gasteiger partial charge is 0.368 e. The Morgan fingerprint density at radius 1 is 0.852 bits per heavy atom. The first-order valence-electron chi connectivity index (χ1n) is 9.14. The number of rotatable bonds is 3. The van der Waals surface area contributed by atoms with Gasteiger partial charge in [0.15, 0.2) is 12.4 Å². The summed E-state index contributed by atoms with van der Waals surface area (Å²) < 4.78 is 0. The molecule has 0 saturated carbocycles. The molecule has 1 aromatic carbocycles. The summed E-state index contributed by atoms with van der Waals surface area (Å²) >= 11 is 1.73. The molecule has 0 unspecified atom stereocenters. The second-order valence-corrected chi connectivity index (χ2v) is 7.66. The molecule has 0 aliphatic carbocycles. The van der Waals surface area contributed by atoms with E-state index in [-0.39, 0.29) is 0 Å². The third kappa shape index (κ3) is 3.13. The summed E-state index contributed by atoms with van der Waals surface area (Å²) in [5.41, 5.74) is 2.50. The zero-order chi connectivity index (χ0) is 18.1. The van der Waals surface area contributed by atoms with Crippen LogP contribution >= 0.6 is 11.3 Å². The van der Waals surface area contributed by atoms with Crippen molar-refractivity contribution in [3.63, 3.8) is 0 Å². The van der Waals surface area contributed by atoms with Gasteiger partial charge in [-0.15, -0.1) is 11.3 Å². The van der Waals surface area contributed by atoms with Crippen molar-refractivity contribution < 1.29 is 4.98 Å². The molecule has 0 amide bonds. The number of aromatic amines is 1. The van der Waals surface area contributed by atoms with Gasteiger partial charge in [-0.05, 0) is 11.6 Å². The van der Waals surface area contributed by atoms with Crippen LogP contribution in [-0.2, 0) is 0 Å². The highest BCUT2D eigenvalue weighted by molar-refractivity contribution is 7.21. The molecule has 4 heterocycles. The van der Waals surface area contributed by atoms with Crippen LogP contribution in [0.15, 0.2) is 67.3 Å². The fraction of sp³-hybridized carbons (Fsp3) is 0.190. The van der Waals surface area contributed by atoms with E-state index in [4.69, 9.17) is 0 Å². The van der Waals surface area contributed by atoms with Crippen LogP contribution in [-0.4, -0.2) is 36.1 Å². The van der Waals surface area contributed by atoms with Crippen LogP contribution in [0.4, 0.5) is 11.5 Å². The average molecular weight is 374 g/mol. The predicted molar refractivity (Wildman–Crippen MR) is 110 cm³/mol. The van der Waals surface area contributed by atoms with Crippen LogP contribution in [0.25, 0.3) is 20.7 Å². The molecule has 1 N–H and O–H groups in total. The number of benzene rings is 1. The summed E-state index contributed by atoms with van der Waals surface area (Å²) in [7, 11) is 0. The van der Waals surface area contributed by atoms with Gasteiger partial charge in [0.25, 0.3) is 0 Å². The van der Waals surface area contributed by atoms with E-state index in [9.17, 15) is 0 Å². The van der Waals surface area contributed by atoms with E-state index in [1.165, 1.54) is 16.1 Å². The van der Waals surface area contributed by atoms with Crippen LogP contribution < -0.4 is 14.8 Å². The monoisotopic (exact) mass is 374 g/mol. The molecule has 0 bridgehead atoms. The third-order valence-electron chi connectivity index (χ3n) is 5.01. The van der Waals surface area contributed by atoms with Gasteiger partial charge >= 0.3 is 0 Å². The molecule has 1 aliphatic heterocycles. The Morgan fingerprint density at radius 3 is 2.37 bits per heavy atom. The number of aromatic nitrogens is 3. The lowest BCUT2D eigenvalue weighted by Crippen LogP contribution is -2.47. The van der Waals surface area contributed by atoms with Gasteiger partial charge in [0.2, 0.25) is 0 Å². The van der Waals surface area contributed by atoms with Crippen molar-refractivity contribution in [3.05, 3.63) is 67.3 Å². The normalized spacial score (nSPS) is 14.7. The van der Waals surface area contributed by atoms with Crippen molar-refractivity contribution in [1.82, 2.24) is 9.97 Å². The number of piperazine rings is 1. The lowest BCUT2D eigenvalue weighted by Gasteiger charge is -2.36. The summed E-state index contributed by atoms with van der Waals surface area (Å²) in [5.74, 6) is 1.06. The molecular weight excluding hydrogens is 354 g/mol. The molecule has 1 saturated heterocycles. The fourth-order valence-corrected chi connectivity index (χ4v) is 4.60.